The molecule has 1 saturated heterocycles. The van der Waals surface area contributed by atoms with E-state index in [0.717, 1.165) is 16.6 Å². The van der Waals surface area contributed by atoms with E-state index < -0.39 is 22.5 Å². The van der Waals surface area contributed by atoms with Crippen LogP contribution in [0.1, 0.15) is 35.7 Å². The zero-order chi connectivity index (χ0) is 22.5. The molecule has 1 atom stereocenters. The summed E-state index contributed by atoms with van der Waals surface area (Å²) in [6, 6.07) is 2.61. The van der Waals surface area contributed by atoms with Crippen LogP contribution in [0.4, 0.5) is 14.5 Å². The molecule has 0 saturated carbocycles. The molecule has 0 bridgehead atoms. The highest BCUT2D eigenvalue weighted by atomic mass is 32.2. The maximum Gasteiger partial charge on any atom is 0.258 e. The van der Waals surface area contributed by atoms with E-state index in [1.54, 1.807) is 23.4 Å². The first-order valence-corrected chi connectivity index (χ1v) is 12.4. The molecule has 3 aromatic heterocycles. The van der Waals surface area contributed by atoms with Gasteiger partial charge in [0.2, 0.25) is 10.0 Å². The van der Waals surface area contributed by atoms with Crippen molar-refractivity contribution >= 4 is 26.7 Å². The zero-order valence-corrected chi connectivity index (χ0v) is 18.4. The summed E-state index contributed by atoms with van der Waals surface area (Å²) in [4.78, 5) is 17.9. The second kappa shape index (κ2) is 8.04. The molecule has 5 rings (SSSR count). The standard InChI is InChI=1S/C21H24F2N6O2S/c1-32(30,31)28-8-4-13(5-9-28)19-15-11-29(17-3-7-25-21-14(17)2-6-24-21)18(20(22)23)10-16(15)26-12-27-19/h2-3,6-7,12-13,18,20H,4-5,8-11H2,1H3,(H,24,25)/t18-/m0/s1. The molecule has 1 N–H and O–H groups in total. The monoisotopic (exact) mass is 462 g/mol. The molecule has 1 fully saturated rings. The molecule has 0 unspecified atom stereocenters. The molecule has 0 radical (unpaired) electrons. The Balaban J connectivity index is 1.51. The number of H-pyrrole nitrogens is 1. The van der Waals surface area contributed by atoms with Crippen molar-refractivity contribution in [3.63, 3.8) is 0 Å². The fraction of sp³-hybridized carbons (Fsp3) is 0.476. The first-order chi connectivity index (χ1) is 15.3. The summed E-state index contributed by atoms with van der Waals surface area (Å²) in [6.45, 7) is 1.14. The molecule has 8 nitrogen and oxygen atoms in total. The number of aromatic amines is 1. The lowest BCUT2D eigenvalue weighted by Gasteiger charge is -2.39. The van der Waals surface area contributed by atoms with Crippen LogP contribution in [0.3, 0.4) is 0 Å². The van der Waals surface area contributed by atoms with Gasteiger partial charge in [-0.3, -0.25) is 0 Å². The Morgan fingerprint density at radius 3 is 2.66 bits per heavy atom. The zero-order valence-electron chi connectivity index (χ0n) is 17.6. The number of sulfonamides is 1. The summed E-state index contributed by atoms with van der Waals surface area (Å²) in [5.41, 5.74) is 3.73. The third-order valence-electron chi connectivity index (χ3n) is 6.55. The smallest absolute Gasteiger partial charge is 0.258 e. The quantitative estimate of drug-likeness (QED) is 0.641. The fourth-order valence-electron chi connectivity index (χ4n) is 4.91. The Labute approximate surface area is 184 Å². The van der Waals surface area contributed by atoms with Crippen molar-refractivity contribution in [3.05, 3.63) is 47.8 Å². The average molecular weight is 463 g/mol. The van der Waals surface area contributed by atoms with Gasteiger partial charge in [-0.05, 0) is 25.0 Å². The molecule has 3 aromatic rings. The summed E-state index contributed by atoms with van der Waals surface area (Å²) >= 11 is 0. The van der Waals surface area contributed by atoms with Crippen LogP contribution in [0.2, 0.25) is 0 Å². The van der Waals surface area contributed by atoms with Gasteiger partial charge in [-0.25, -0.2) is 36.5 Å². The molecule has 2 aliphatic rings. The highest BCUT2D eigenvalue weighted by Gasteiger charge is 2.37. The number of rotatable bonds is 4. The summed E-state index contributed by atoms with van der Waals surface area (Å²) in [5.74, 6) is 0.0689. The van der Waals surface area contributed by atoms with Gasteiger partial charge in [0.05, 0.1) is 29.4 Å². The molecule has 0 amide bonds. The van der Waals surface area contributed by atoms with Crippen LogP contribution < -0.4 is 4.90 Å². The highest BCUT2D eigenvalue weighted by molar-refractivity contribution is 7.88. The van der Waals surface area contributed by atoms with Gasteiger partial charge in [-0.15, -0.1) is 0 Å². The lowest BCUT2D eigenvalue weighted by molar-refractivity contribution is 0.107. The topological polar surface area (TPSA) is 95.1 Å². The lowest BCUT2D eigenvalue weighted by Crippen LogP contribution is -2.46. The first-order valence-electron chi connectivity index (χ1n) is 10.6. The normalized spacial score (nSPS) is 20.8. The van der Waals surface area contributed by atoms with Gasteiger partial charge in [-0.1, -0.05) is 0 Å². The third kappa shape index (κ3) is 3.73. The molecule has 0 spiro atoms. The number of hydrogen-bond donors (Lipinski definition) is 1. The number of alkyl halides is 2. The molecule has 11 heteroatoms. The molecule has 5 heterocycles. The van der Waals surface area contributed by atoms with E-state index in [9.17, 15) is 17.2 Å². The molecule has 2 aliphatic heterocycles. The fourth-order valence-corrected chi connectivity index (χ4v) is 5.78. The molecular formula is C21H24F2N6O2S. The summed E-state index contributed by atoms with van der Waals surface area (Å²) in [6.07, 6.45) is 4.92. The van der Waals surface area contributed by atoms with Crippen LogP contribution in [-0.4, -0.2) is 64.5 Å². The van der Waals surface area contributed by atoms with Crippen LogP contribution >= 0.6 is 0 Å². The number of hydrogen-bond acceptors (Lipinski definition) is 6. The minimum absolute atomic E-state index is 0.0689. The van der Waals surface area contributed by atoms with E-state index in [1.165, 1.54) is 16.9 Å². The van der Waals surface area contributed by atoms with Crippen molar-refractivity contribution in [2.75, 3.05) is 24.2 Å². The van der Waals surface area contributed by atoms with Crippen LogP contribution in [0.25, 0.3) is 11.0 Å². The Morgan fingerprint density at radius 1 is 1.16 bits per heavy atom. The van der Waals surface area contributed by atoms with Gasteiger partial charge in [0.15, 0.2) is 0 Å². The Kier molecular flexibility index (Phi) is 5.32. The largest absolute Gasteiger partial charge is 0.357 e. The number of piperidine rings is 1. The van der Waals surface area contributed by atoms with Gasteiger partial charge in [-0.2, -0.15) is 0 Å². The van der Waals surface area contributed by atoms with E-state index in [2.05, 4.69) is 19.9 Å². The summed E-state index contributed by atoms with van der Waals surface area (Å²) < 4.78 is 53.4. The number of halogens is 2. The van der Waals surface area contributed by atoms with Crippen molar-refractivity contribution in [2.45, 2.75) is 44.2 Å². The molecular weight excluding hydrogens is 438 g/mol. The molecule has 0 aliphatic carbocycles. The van der Waals surface area contributed by atoms with E-state index in [0.29, 0.717) is 43.0 Å². The SMILES string of the molecule is CS(=O)(=O)N1CCC(c2ncnc3c2CN(c2ccnc4[nH]ccc24)[C@H](C(F)F)C3)CC1. The number of nitrogens with zero attached hydrogens (tertiary/aromatic N) is 5. The second-order valence-electron chi connectivity index (χ2n) is 8.42. The summed E-state index contributed by atoms with van der Waals surface area (Å²) in [7, 11) is -3.23. The predicted octanol–water partition coefficient (Wildman–Crippen LogP) is 2.69. The minimum Gasteiger partial charge on any atom is -0.357 e. The third-order valence-corrected chi connectivity index (χ3v) is 7.85. The van der Waals surface area contributed by atoms with Crippen LogP contribution in [0.5, 0.6) is 0 Å². The van der Waals surface area contributed by atoms with Crippen molar-refractivity contribution in [3.8, 4) is 0 Å². The van der Waals surface area contributed by atoms with Gasteiger partial charge < -0.3 is 9.88 Å². The van der Waals surface area contributed by atoms with E-state index in [-0.39, 0.29) is 18.9 Å². The number of pyridine rings is 1. The van der Waals surface area contributed by atoms with Crippen LogP contribution in [0.15, 0.2) is 30.9 Å². The van der Waals surface area contributed by atoms with Crippen LogP contribution in [-0.2, 0) is 23.0 Å². The van der Waals surface area contributed by atoms with Crippen molar-refractivity contribution in [1.29, 1.82) is 0 Å². The van der Waals surface area contributed by atoms with E-state index in [4.69, 9.17) is 0 Å². The van der Waals surface area contributed by atoms with Gasteiger partial charge in [0.1, 0.15) is 12.0 Å². The second-order valence-corrected chi connectivity index (χ2v) is 10.4. The minimum atomic E-state index is -3.23. The number of nitrogens with one attached hydrogen (secondary N) is 1. The predicted molar refractivity (Wildman–Crippen MR) is 116 cm³/mol. The summed E-state index contributed by atoms with van der Waals surface area (Å²) in [5, 5.41) is 0.793. The number of fused-ring (bicyclic) bond motifs is 2. The average Bonchev–Trinajstić information content (AvgIpc) is 3.26. The molecule has 170 valence electrons. The maximum absolute atomic E-state index is 14.1. The van der Waals surface area contributed by atoms with Crippen molar-refractivity contribution in [2.24, 2.45) is 0 Å². The van der Waals surface area contributed by atoms with Gasteiger partial charge in [0, 0.05) is 55.3 Å². The maximum atomic E-state index is 14.1. The van der Waals surface area contributed by atoms with Crippen LogP contribution in [0, 0.1) is 0 Å². The highest BCUT2D eigenvalue weighted by Crippen LogP contribution is 2.38. The van der Waals surface area contributed by atoms with E-state index in [1.807, 2.05) is 6.07 Å². The first kappa shape index (κ1) is 21.2. The Morgan fingerprint density at radius 2 is 1.94 bits per heavy atom. The van der Waals surface area contributed by atoms with Gasteiger partial charge >= 0.3 is 0 Å². The van der Waals surface area contributed by atoms with E-state index >= 15 is 0 Å². The molecule has 32 heavy (non-hydrogen) atoms. The number of anilines is 1. The molecule has 0 aromatic carbocycles. The number of aromatic nitrogens is 4. The Hall–Kier alpha value is -2.66. The van der Waals surface area contributed by atoms with Gasteiger partial charge in [0.25, 0.3) is 6.43 Å². The lowest BCUT2D eigenvalue weighted by atomic mass is 9.87. The van der Waals surface area contributed by atoms with Crippen molar-refractivity contribution < 1.29 is 17.2 Å². The van der Waals surface area contributed by atoms with Crippen molar-refractivity contribution in [1.82, 2.24) is 24.2 Å². The Bertz CT molecular complexity index is 1240.